The van der Waals surface area contributed by atoms with E-state index >= 15 is 0 Å². The maximum absolute atomic E-state index is 12.0. The quantitative estimate of drug-likeness (QED) is 0.901. The molecule has 1 N–H and O–H groups in total. The summed E-state index contributed by atoms with van der Waals surface area (Å²) >= 11 is 0. The van der Waals surface area contributed by atoms with Crippen LogP contribution in [0.2, 0.25) is 0 Å². The molecule has 1 amide bonds. The second kappa shape index (κ2) is 5.04. The monoisotopic (exact) mass is 243 g/mol. The smallest absolute Gasteiger partial charge is 0.273 e. The Hall–Kier alpha value is -2.10. The molecule has 4 heteroatoms. The normalized spacial score (nSPS) is 10.7. The van der Waals surface area contributed by atoms with Gasteiger partial charge in [-0.2, -0.15) is 5.10 Å². The Bertz CT molecular complexity index is 558. The van der Waals surface area contributed by atoms with E-state index in [1.807, 2.05) is 18.2 Å². The van der Waals surface area contributed by atoms with Crippen LogP contribution >= 0.6 is 0 Å². The fraction of sp³-hybridized carbons (Fsp3) is 0.286. The number of nitrogens with zero attached hydrogens (tertiary/aromatic N) is 2. The van der Waals surface area contributed by atoms with Gasteiger partial charge in [0.1, 0.15) is 5.69 Å². The van der Waals surface area contributed by atoms with Crippen LogP contribution in [0.25, 0.3) is 0 Å². The zero-order valence-electron chi connectivity index (χ0n) is 10.8. The Balaban J connectivity index is 2.17. The first-order valence-corrected chi connectivity index (χ1v) is 5.97. The molecule has 0 radical (unpaired) electrons. The highest BCUT2D eigenvalue weighted by atomic mass is 16.2. The van der Waals surface area contributed by atoms with E-state index in [0.29, 0.717) is 11.6 Å². The number of aryl methyl sites for hydroxylation is 1. The molecule has 1 heterocycles. The zero-order chi connectivity index (χ0) is 13.1. The fourth-order valence-corrected chi connectivity index (χ4v) is 1.77. The Morgan fingerprint density at radius 1 is 1.33 bits per heavy atom. The van der Waals surface area contributed by atoms with Gasteiger partial charge in [0, 0.05) is 18.9 Å². The van der Waals surface area contributed by atoms with Gasteiger partial charge in [-0.15, -0.1) is 0 Å². The molecule has 18 heavy (non-hydrogen) atoms. The summed E-state index contributed by atoms with van der Waals surface area (Å²) in [7, 11) is 1.75. The van der Waals surface area contributed by atoms with Crippen LogP contribution in [0.3, 0.4) is 0 Å². The minimum atomic E-state index is -0.143. The predicted molar refractivity (Wildman–Crippen MR) is 71.7 cm³/mol. The van der Waals surface area contributed by atoms with Gasteiger partial charge in [0.25, 0.3) is 5.91 Å². The predicted octanol–water partition coefficient (Wildman–Crippen LogP) is 2.80. The average Bonchev–Trinajstić information content (AvgIpc) is 2.76. The lowest BCUT2D eigenvalue weighted by Gasteiger charge is -2.09. The van der Waals surface area contributed by atoms with Crippen molar-refractivity contribution in [1.29, 1.82) is 0 Å². The van der Waals surface area contributed by atoms with E-state index in [4.69, 9.17) is 0 Å². The molecule has 0 aliphatic carbocycles. The highest BCUT2D eigenvalue weighted by Gasteiger charge is 2.10. The summed E-state index contributed by atoms with van der Waals surface area (Å²) in [5.41, 5.74) is 2.56. The Labute approximate surface area is 107 Å². The van der Waals surface area contributed by atoms with Crippen molar-refractivity contribution >= 4 is 11.6 Å². The molecular weight excluding hydrogens is 226 g/mol. The summed E-state index contributed by atoms with van der Waals surface area (Å²) in [4.78, 5) is 12.0. The number of hydrogen-bond acceptors (Lipinski definition) is 2. The number of nitrogens with one attached hydrogen (secondary N) is 1. The summed E-state index contributed by atoms with van der Waals surface area (Å²) in [5.74, 6) is 0.300. The number of anilines is 1. The van der Waals surface area contributed by atoms with Crippen LogP contribution < -0.4 is 5.32 Å². The lowest BCUT2D eigenvalue weighted by molar-refractivity contribution is 0.101. The van der Waals surface area contributed by atoms with Crippen LogP contribution in [0.1, 0.15) is 35.8 Å². The molecule has 0 spiro atoms. The van der Waals surface area contributed by atoms with Crippen molar-refractivity contribution in [3.8, 4) is 0 Å². The Morgan fingerprint density at radius 3 is 2.72 bits per heavy atom. The molecule has 0 aliphatic rings. The van der Waals surface area contributed by atoms with E-state index in [9.17, 15) is 4.79 Å². The van der Waals surface area contributed by atoms with Gasteiger partial charge >= 0.3 is 0 Å². The maximum Gasteiger partial charge on any atom is 0.273 e. The Kier molecular flexibility index (Phi) is 3.46. The van der Waals surface area contributed by atoms with Gasteiger partial charge in [-0.05, 0) is 29.7 Å². The third kappa shape index (κ3) is 2.59. The minimum Gasteiger partial charge on any atom is -0.321 e. The van der Waals surface area contributed by atoms with Crippen LogP contribution in [-0.2, 0) is 7.05 Å². The van der Waals surface area contributed by atoms with E-state index in [0.717, 1.165) is 5.69 Å². The van der Waals surface area contributed by atoms with Gasteiger partial charge in [0.05, 0.1) is 0 Å². The molecule has 2 rings (SSSR count). The van der Waals surface area contributed by atoms with Gasteiger partial charge in [0.15, 0.2) is 0 Å². The molecule has 94 valence electrons. The summed E-state index contributed by atoms with van der Waals surface area (Å²) < 4.78 is 1.56. The second-order valence-corrected chi connectivity index (χ2v) is 4.57. The van der Waals surface area contributed by atoms with Crippen LogP contribution in [0.15, 0.2) is 36.5 Å². The highest BCUT2D eigenvalue weighted by molar-refractivity contribution is 6.03. The van der Waals surface area contributed by atoms with Gasteiger partial charge in [0.2, 0.25) is 0 Å². The standard InChI is InChI=1S/C14H17N3O/c1-10(2)11-5-4-6-12(9-11)16-14(18)13-7-8-15-17(13)3/h4-10H,1-3H3,(H,16,18). The molecule has 1 aromatic heterocycles. The van der Waals surface area contributed by atoms with Gasteiger partial charge in [-0.3, -0.25) is 9.48 Å². The third-order valence-electron chi connectivity index (χ3n) is 2.86. The Morgan fingerprint density at radius 2 is 2.11 bits per heavy atom. The van der Waals surface area contributed by atoms with E-state index in [-0.39, 0.29) is 5.91 Å². The molecule has 0 atom stereocenters. The molecule has 0 unspecified atom stereocenters. The topological polar surface area (TPSA) is 46.9 Å². The molecule has 0 saturated heterocycles. The van der Waals surface area contributed by atoms with Crippen LogP contribution in [0, 0.1) is 0 Å². The van der Waals surface area contributed by atoms with Crippen molar-refractivity contribution in [3.05, 3.63) is 47.8 Å². The van der Waals surface area contributed by atoms with E-state index in [1.54, 1.807) is 24.0 Å². The molecule has 0 saturated carbocycles. The molecule has 0 bridgehead atoms. The minimum absolute atomic E-state index is 0.143. The van der Waals surface area contributed by atoms with Crippen molar-refractivity contribution in [1.82, 2.24) is 9.78 Å². The molecule has 2 aromatic rings. The van der Waals surface area contributed by atoms with Gasteiger partial charge in [-0.25, -0.2) is 0 Å². The largest absolute Gasteiger partial charge is 0.321 e. The first-order chi connectivity index (χ1) is 8.58. The number of carbonyl (C=O) groups is 1. The van der Waals surface area contributed by atoms with Crippen molar-refractivity contribution in [2.45, 2.75) is 19.8 Å². The lowest BCUT2D eigenvalue weighted by atomic mass is 10.0. The number of carbonyl (C=O) groups excluding carboxylic acids is 1. The fourth-order valence-electron chi connectivity index (χ4n) is 1.77. The van der Waals surface area contributed by atoms with E-state index in [1.165, 1.54) is 5.56 Å². The summed E-state index contributed by atoms with van der Waals surface area (Å²) in [5, 5.41) is 6.86. The summed E-state index contributed by atoms with van der Waals surface area (Å²) in [6, 6.07) is 9.60. The first kappa shape index (κ1) is 12.4. The third-order valence-corrected chi connectivity index (χ3v) is 2.86. The number of rotatable bonds is 3. The lowest BCUT2D eigenvalue weighted by Crippen LogP contribution is -2.16. The van der Waals surface area contributed by atoms with Crippen molar-refractivity contribution in [2.24, 2.45) is 7.05 Å². The van der Waals surface area contributed by atoms with Crippen molar-refractivity contribution in [3.63, 3.8) is 0 Å². The van der Waals surface area contributed by atoms with Crippen molar-refractivity contribution in [2.75, 3.05) is 5.32 Å². The average molecular weight is 243 g/mol. The van der Waals surface area contributed by atoms with E-state index in [2.05, 4.69) is 30.3 Å². The number of aromatic nitrogens is 2. The van der Waals surface area contributed by atoms with Gasteiger partial charge < -0.3 is 5.32 Å². The second-order valence-electron chi connectivity index (χ2n) is 4.57. The van der Waals surface area contributed by atoms with Crippen LogP contribution in [0.5, 0.6) is 0 Å². The highest BCUT2D eigenvalue weighted by Crippen LogP contribution is 2.18. The molecular formula is C14H17N3O. The van der Waals surface area contributed by atoms with E-state index < -0.39 is 0 Å². The first-order valence-electron chi connectivity index (χ1n) is 5.97. The zero-order valence-corrected chi connectivity index (χ0v) is 10.8. The van der Waals surface area contributed by atoms with Crippen LogP contribution in [-0.4, -0.2) is 15.7 Å². The number of benzene rings is 1. The molecule has 0 fully saturated rings. The van der Waals surface area contributed by atoms with Crippen molar-refractivity contribution < 1.29 is 4.79 Å². The summed E-state index contributed by atoms with van der Waals surface area (Å²) in [6.07, 6.45) is 1.61. The van der Waals surface area contributed by atoms with Gasteiger partial charge in [-0.1, -0.05) is 26.0 Å². The summed E-state index contributed by atoms with van der Waals surface area (Å²) in [6.45, 7) is 4.25. The maximum atomic E-state index is 12.0. The van der Waals surface area contributed by atoms with Crippen LogP contribution in [0.4, 0.5) is 5.69 Å². The SMILES string of the molecule is CC(C)c1cccc(NC(=O)c2ccnn2C)c1. The number of hydrogen-bond donors (Lipinski definition) is 1. The molecule has 1 aromatic carbocycles. The number of amides is 1. The molecule has 4 nitrogen and oxygen atoms in total. The molecule has 0 aliphatic heterocycles.